The quantitative estimate of drug-likeness (QED) is 0.825. The molecule has 1 unspecified atom stereocenters. The average Bonchev–Trinajstić information content (AvgIpc) is 2.72. The van der Waals surface area contributed by atoms with Crippen LogP contribution in [0.1, 0.15) is 23.9 Å². The van der Waals surface area contributed by atoms with Gasteiger partial charge in [0.15, 0.2) is 12.2 Å². The second-order valence-electron chi connectivity index (χ2n) is 3.35. The molecule has 0 aromatic carbocycles. The van der Waals surface area contributed by atoms with E-state index in [1.807, 2.05) is 23.8 Å². The molecule has 1 atom stereocenters. The fraction of sp³-hybridized carbons (Fsp3) is 0.300. The minimum atomic E-state index is -1.08. The number of nitrogens with zero attached hydrogens (tertiary/aromatic N) is 1. The van der Waals surface area contributed by atoms with Crippen molar-refractivity contribution in [2.24, 2.45) is 0 Å². The molecule has 0 radical (unpaired) electrons. The molecule has 1 N–H and O–H groups in total. The Labute approximate surface area is 86.0 Å². The summed E-state index contributed by atoms with van der Waals surface area (Å²) in [6.45, 7) is 3.53. The molecule has 2 rings (SSSR count). The lowest BCUT2D eigenvalue weighted by molar-refractivity contribution is 0.0763. The third kappa shape index (κ3) is 1.36. The van der Waals surface area contributed by atoms with Gasteiger partial charge in [0.25, 0.3) is 0 Å². The highest BCUT2D eigenvalue weighted by atomic mass is 32.1. The Kier molecular flexibility index (Phi) is 2.17. The molecule has 0 bridgehead atoms. The topological polar surface area (TPSA) is 46.3 Å². The molecule has 0 spiro atoms. The first-order chi connectivity index (χ1) is 6.62. The zero-order valence-electron chi connectivity index (χ0n) is 8.02. The number of aromatic nitrogens is 1. The highest BCUT2D eigenvalue weighted by Gasteiger charge is 2.31. The van der Waals surface area contributed by atoms with E-state index in [2.05, 4.69) is 4.98 Å². The number of hydrogen-bond acceptors (Lipinski definition) is 4. The van der Waals surface area contributed by atoms with Gasteiger partial charge in [-0.25, -0.2) is 4.98 Å². The minimum Gasteiger partial charge on any atom is -0.445 e. The Balaban J connectivity index is 2.48. The number of rotatable bonds is 2. The highest BCUT2D eigenvalue weighted by molar-refractivity contribution is 7.08. The number of oxazole rings is 1. The molecule has 0 amide bonds. The summed E-state index contributed by atoms with van der Waals surface area (Å²) in [4.78, 5) is 3.97. The van der Waals surface area contributed by atoms with Crippen LogP contribution in [0.15, 0.2) is 27.6 Å². The third-order valence-electron chi connectivity index (χ3n) is 2.27. The summed E-state index contributed by atoms with van der Waals surface area (Å²) in [6, 6.07) is 1.88. The van der Waals surface area contributed by atoms with E-state index in [0.717, 1.165) is 11.3 Å². The summed E-state index contributed by atoms with van der Waals surface area (Å²) < 4.78 is 5.20. The fourth-order valence-corrected chi connectivity index (χ4v) is 2.20. The number of aliphatic hydroxyl groups is 1. The summed E-state index contributed by atoms with van der Waals surface area (Å²) in [5, 5.41) is 14.1. The smallest absolute Gasteiger partial charge is 0.181 e. The van der Waals surface area contributed by atoms with Gasteiger partial charge in [-0.1, -0.05) is 0 Å². The largest absolute Gasteiger partial charge is 0.445 e. The van der Waals surface area contributed by atoms with Crippen molar-refractivity contribution in [1.29, 1.82) is 0 Å². The Morgan fingerprint density at radius 1 is 1.57 bits per heavy atom. The molecule has 0 fully saturated rings. The summed E-state index contributed by atoms with van der Waals surface area (Å²) in [5.74, 6) is 0.510. The zero-order chi connectivity index (χ0) is 10.2. The van der Waals surface area contributed by atoms with Crippen LogP contribution in [-0.4, -0.2) is 10.1 Å². The highest BCUT2D eigenvalue weighted by Crippen LogP contribution is 2.31. The van der Waals surface area contributed by atoms with Crippen molar-refractivity contribution in [3.05, 3.63) is 40.2 Å². The van der Waals surface area contributed by atoms with Crippen LogP contribution < -0.4 is 0 Å². The van der Waals surface area contributed by atoms with Gasteiger partial charge in [0.2, 0.25) is 0 Å². The lowest BCUT2D eigenvalue weighted by atomic mass is 9.95. The second kappa shape index (κ2) is 3.22. The Hall–Kier alpha value is -1.13. The standard InChI is InChI=1S/C10H11NO2S/c1-7-9(13-6-11-7)10(2,12)8-3-4-14-5-8/h3-6,12H,1-2H3. The van der Waals surface area contributed by atoms with Gasteiger partial charge in [-0.05, 0) is 30.7 Å². The monoisotopic (exact) mass is 209 g/mol. The number of aryl methyl sites for hydroxylation is 1. The normalized spacial score (nSPS) is 15.4. The van der Waals surface area contributed by atoms with Crippen molar-refractivity contribution < 1.29 is 9.52 Å². The number of thiophene rings is 1. The molecule has 3 nitrogen and oxygen atoms in total. The maximum atomic E-state index is 10.3. The van der Waals surface area contributed by atoms with E-state index in [4.69, 9.17) is 4.42 Å². The summed E-state index contributed by atoms with van der Waals surface area (Å²) in [7, 11) is 0. The van der Waals surface area contributed by atoms with Gasteiger partial charge in [0, 0.05) is 5.56 Å². The van der Waals surface area contributed by atoms with E-state index in [-0.39, 0.29) is 0 Å². The lowest BCUT2D eigenvalue weighted by Gasteiger charge is -2.19. The second-order valence-corrected chi connectivity index (χ2v) is 4.13. The third-order valence-corrected chi connectivity index (χ3v) is 2.95. The van der Waals surface area contributed by atoms with Crippen molar-refractivity contribution in [2.45, 2.75) is 19.4 Å². The molecular formula is C10H11NO2S. The van der Waals surface area contributed by atoms with Crippen LogP contribution in [0.25, 0.3) is 0 Å². The van der Waals surface area contributed by atoms with Gasteiger partial charge in [-0.2, -0.15) is 11.3 Å². The Morgan fingerprint density at radius 3 is 2.86 bits per heavy atom. The van der Waals surface area contributed by atoms with Crippen molar-refractivity contribution >= 4 is 11.3 Å². The molecule has 2 aromatic rings. The van der Waals surface area contributed by atoms with Gasteiger partial charge in [0.05, 0.1) is 5.69 Å². The van der Waals surface area contributed by atoms with Crippen LogP contribution in [0.2, 0.25) is 0 Å². The predicted octanol–water partition coefficient (Wildman–Crippen LogP) is 2.30. The van der Waals surface area contributed by atoms with E-state index in [9.17, 15) is 5.11 Å². The molecule has 0 aliphatic heterocycles. The van der Waals surface area contributed by atoms with Gasteiger partial charge in [-0.15, -0.1) is 0 Å². The van der Waals surface area contributed by atoms with E-state index in [1.165, 1.54) is 6.39 Å². The summed E-state index contributed by atoms with van der Waals surface area (Å²) in [5.41, 5.74) is 0.476. The zero-order valence-corrected chi connectivity index (χ0v) is 8.84. The Bertz CT molecular complexity index is 417. The molecule has 2 aromatic heterocycles. The molecule has 0 aliphatic rings. The maximum absolute atomic E-state index is 10.3. The first kappa shape index (κ1) is 9.43. The van der Waals surface area contributed by atoms with Crippen LogP contribution >= 0.6 is 11.3 Å². The molecular weight excluding hydrogens is 198 g/mol. The summed E-state index contributed by atoms with van der Waals surface area (Å²) in [6.07, 6.45) is 1.35. The van der Waals surface area contributed by atoms with Crippen molar-refractivity contribution in [3.63, 3.8) is 0 Å². The van der Waals surface area contributed by atoms with Gasteiger partial charge >= 0.3 is 0 Å². The van der Waals surface area contributed by atoms with Gasteiger partial charge in [-0.3, -0.25) is 0 Å². The minimum absolute atomic E-state index is 0.510. The van der Waals surface area contributed by atoms with Gasteiger partial charge in [0.1, 0.15) is 5.60 Å². The first-order valence-corrected chi connectivity index (χ1v) is 5.22. The molecule has 74 valence electrons. The molecule has 4 heteroatoms. The molecule has 0 saturated heterocycles. The average molecular weight is 209 g/mol. The van der Waals surface area contributed by atoms with E-state index >= 15 is 0 Å². The molecule has 0 saturated carbocycles. The van der Waals surface area contributed by atoms with E-state index < -0.39 is 5.60 Å². The van der Waals surface area contributed by atoms with Crippen LogP contribution in [0.3, 0.4) is 0 Å². The van der Waals surface area contributed by atoms with E-state index in [0.29, 0.717) is 5.76 Å². The Morgan fingerprint density at radius 2 is 2.36 bits per heavy atom. The van der Waals surface area contributed by atoms with Crippen LogP contribution in [0.5, 0.6) is 0 Å². The lowest BCUT2D eigenvalue weighted by Crippen LogP contribution is -2.22. The van der Waals surface area contributed by atoms with Gasteiger partial charge < -0.3 is 9.52 Å². The molecule has 2 heterocycles. The predicted molar refractivity (Wildman–Crippen MR) is 54.2 cm³/mol. The van der Waals surface area contributed by atoms with Crippen molar-refractivity contribution in [1.82, 2.24) is 4.98 Å². The molecule has 0 aliphatic carbocycles. The molecule has 14 heavy (non-hydrogen) atoms. The fourth-order valence-electron chi connectivity index (χ4n) is 1.44. The van der Waals surface area contributed by atoms with E-state index in [1.54, 1.807) is 18.3 Å². The van der Waals surface area contributed by atoms with Crippen molar-refractivity contribution in [3.8, 4) is 0 Å². The van der Waals surface area contributed by atoms with Crippen LogP contribution in [0.4, 0.5) is 0 Å². The van der Waals surface area contributed by atoms with Crippen LogP contribution in [-0.2, 0) is 5.60 Å². The van der Waals surface area contributed by atoms with Crippen molar-refractivity contribution in [2.75, 3.05) is 0 Å². The summed E-state index contributed by atoms with van der Waals surface area (Å²) >= 11 is 1.55. The maximum Gasteiger partial charge on any atom is 0.181 e. The number of hydrogen-bond donors (Lipinski definition) is 1. The SMILES string of the molecule is Cc1ncoc1C(C)(O)c1ccsc1. The first-order valence-electron chi connectivity index (χ1n) is 4.28. The van der Waals surface area contributed by atoms with Crippen LogP contribution in [0, 0.1) is 6.92 Å².